The van der Waals surface area contributed by atoms with Crippen LogP contribution in [0.15, 0.2) is 206 Å². The van der Waals surface area contributed by atoms with Gasteiger partial charge in [0.15, 0.2) is 21.4 Å². The third kappa shape index (κ3) is 112. The molecule has 0 aliphatic rings. The Morgan fingerprint density at radius 3 is 0.603 bits per heavy atom. The molecule has 40 heteroatoms. The number of hydrogen-bond donors (Lipinski definition) is 4. The van der Waals surface area contributed by atoms with Crippen molar-refractivity contribution in [2.45, 2.75) is 348 Å². The van der Waals surface area contributed by atoms with Gasteiger partial charge in [-0.3, -0.25) is 0 Å². The summed E-state index contributed by atoms with van der Waals surface area (Å²) in [6, 6.07) is 72.5. The fraction of sp³-hybridized carbons (Fsp3) is 0.547. The first kappa shape index (κ1) is 149. The van der Waals surface area contributed by atoms with Crippen molar-refractivity contribution in [3.63, 3.8) is 0 Å². The van der Waals surface area contributed by atoms with E-state index in [-0.39, 0.29) is 128 Å². The second-order valence-electron chi connectivity index (χ2n) is 34.8. The number of halogens is 28. The summed E-state index contributed by atoms with van der Waals surface area (Å²) in [5, 5.41) is 40.7. The Labute approximate surface area is 905 Å². The molecular formula is C106H158F24I4O8P2Sb2-4. The van der Waals surface area contributed by atoms with Crippen molar-refractivity contribution in [2.75, 3.05) is 26.4 Å². The molecular weight excluding hydrogens is 2670 g/mol. The second-order valence-corrected chi connectivity index (χ2v) is 57.4. The number of aliphatic hydroxyl groups excluding tert-OH is 4. The van der Waals surface area contributed by atoms with Gasteiger partial charge in [-0.15, -0.1) is 0 Å². The number of ether oxygens (including phenoxy) is 4. The molecule has 0 aromatic heterocycles. The molecule has 8 aromatic rings. The van der Waals surface area contributed by atoms with Gasteiger partial charge in [0.05, 0.1) is 18.3 Å². The van der Waals surface area contributed by atoms with Crippen LogP contribution in [-0.2, 0) is 0 Å². The van der Waals surface area contributed by atoms with Crippen LogP contribution in [0.25, 0.3) is 0 Å². The summed E-state index contributed by atoms with van der Waals surface area (Å²) >= 11 is -19.0. The zero-order valence-corrected chi connectivity index (χ0v) is 101. The topological polar surface area (TPSA) is 118 Å². The monoisotopic (exact) mass is 2830 g/mol. The van der Waals surface area contributed by atoms with Crippen molar-refractivity contribution < 1.29 is 213 Å². The van der Waals surface area contributed by atoms with E-state index in [4.69, 9.17) is 18.9 Å². The summed E-state index contributed by atoms with van der Waals surface area (Å²) in [6.07, 6.45) is 54.9. The molecule has 4 unspecified atom stereocenters. The van der Waals surface area contributed by atoms with Gasteiger partial charge >= 0.3 is 340 Å². The molecule has 4 atom stereocenters. The molecule has 0 aliphatic heterocycles. The molecule has 8 rings (SSSR count). The number of aryl methyl sites for hydroxylation is 2. The van der Waals surface area contributed by atoms with Gasteiger partial charge in [0, 0.05) is 0 Å². The van der Waals surface area contributed by atoms with Crippen molar-refractivity contribution in [1.82, 2.24) is 0 Å². The van der Waals surface area contributed by atoms with E-state index in [1.807, 2.05) is 48.5 Å². The molecule has 0 bridgehead atoms. The van der Waals surface area contributed by atoms with E-state index in [1.54, 1.807) is 0 Å². The summed E-state index contributed by atoms with van der Waals surface area (Å²) in [7, 11) is -17.3. The minimum absolute atomic E-state index is 0. The molecule has 146 heavy (non-hydrogen) atoms. The summed E-state index contributed by atoms with van der Waals surface area (Å²) in [4.78, 5) is 0. The first-order valence-corrected chi connectivity index (χ1v) is 72.4. The van der Waals surface area contributed by atoms with Crippen LogP contribution >= 0.6 is 16.3 Å². The van der Waals surface area contributed by atoms with Gasteiger partial charge in [-0.1, -0.05) is 313 Å². The zero-order chi connectivity index (χ0) is 106. The molecule has 0 radical (unpaired) electrons. The average molecular weight is 2830 g/mol. The number of rotatable bonds is 64. The predicted octanol–water partition coefficient (Wildman–Crippen LogP) is 12.9. The number of unbranched alkanes of at least 4 members (excludes halogenated alkanes) is 36. The van der Waals surface area contributed by atoms with E-state index in [9.17, 15) is 90.5 Å². The van der Waals surface area contributed by atoms with Gasteiger partial charge in [-0.25, -0.2) is 0 Å². The van der Waals surface area contributed by atoms with Crippen molar-refractivity contribution in [3.05, 3.63) is 246 Å². The van der Waals surface area contributed by atoms with Gasteiger partial charge in [0.2, 0.25) is 0 Å². The SMILES string of the molecule is CCCCCCCCCCCCC(O)COc1ccc([I+]c2ccc(C)cc2)cc1.CCCCCCCCCCCCC(O)COc1ccc([I+]c2ccccc2)cc1.CCCCCCCCCCCCC(O)COc1ccc([I+]c2ccccc2)cc1.CCCCCCCCCCCCC(O)COc1ccc([I-]c2ccc(C)cc2)cc1.FP(F)(F)(F)F.F[PH-](F)(F)(F)F.[F-].[F-].[F-].[F-].[F][SbH-]([F])([F])([F])[F].[F][Sb]([F])([F])([F])[F]. The fourth-order valence-electron chi connectivity index (χ4n) is 13.6. The van der Waals surface area contributed by atoms with Crippen LogP contribution in [0.1, 0.15) is 321 Å². The van der Waals surface area contributed by atoms with Crippen molar-refractivity contribution in [2.24, 2.45) is 0 Å². The number of hydrogen-bond acceptors (Lipinski definition) is 8. The Hall–Kier alpha value is -3.46. The Kier molecular flexibility index (Phi) is 87.4. The summed E-state index contributed by atoms with van der Waals surface area (Å²) in [6.45, 7) is 14.9. The Bertz CT molecular complexity index is 3960. The van der Waals surface area contributed by atoms with E-state index in [2.05, 4.69) is 199 Å². The molecule has 0 amide bonds. The standard InChI is InChI=1S/2C27H40IO2.2C26H38IO2.F5HP.F5P.14FH.2Sb.H/c2*1-3-4-5-6-7-8-9-10-11-12-13-26(29)22-30-27-20-18-25(19-21-27)28-24-16-14-23(2)15-17-24;2*1-2-3-4-5-6-7-8-9-10-14-17-25(28)22-29-26-20-18-24(19-21-26)27-23-15-12-11-13-16-23;2*1-6(2,3,4)5;;;;;;;;;;;;;;;;;/h2*14-21,26,29H,3-13,22H2,1-2H3;2*11-13,15-16,18-21,25,28H,2-10,14,17,22H2,1H3;6H;;14*1H;;;/q-1;3*+1;-1;;;;;;;;;;;;;;;;+4;+5;/p-14. The molecule has 850 valence electrons. The molecule has 0 saturated carbocycles. The quantitative estimate of drug-likeness (QED) is 0.00979. The van der Waals surface area contributed by atoms with E-state index < -0.39 is 56.9 Å². The fourth-order valence-corrected chi connectivity index (χ4v) is 22.3. The molecule has 0 spiro atoms. The molecule has 0 heterocycles. The van der Waals surface area contributed by atoms with Crippen LogP contribution in [0.2, 0.25) is 0 Å². The van der Waals surface area contributed by atoms with E-state index in [0.29, 0.717) is 26.4 Å². The van der Waals surface area contributed by atoms with Crippen LogP contribution < -0.4 is 123 Å². The first-order chi connectivity index (χ1) is 66.8. The summed E-state index contributed by atoms with van der Waals surface area (Å²) < 4.78 is 232. The summed E-state index contributed by atoms with van der Waals surface area (Å²) in [5.74, 6) is 3.42. The van der Waals surface area contributed by atoms with Gasteiger partial charge in [-0.05, 0) is 135 Å². The van der Waals surface area contributed by atoms with E-state index >= 15 is 0 Å². The molecule has 0 saturated heterocycles. The van der Waals surface area contributed by atoms with Gasteiger partial charge in [0.1, 0.15) is 37.1 Å². The maximum atomic E-state index is 10.2. The third-order valence-corrected chi connectivity index (χ3v) is 31.7. The third-order valence-electron chi connectivity index (χ3n) is 20.9. The maximum absolute atomic E-state index is 10.2. The van der Waals surface area contributed by atoms with Gasteiger partial charge in [0.25, 0.3) is 0 Å². The predicted molar refractivity (Wildman–Crippen MR) is 533 cm³/mol. The van der Waals surface area contributed by atoms with Crippen molar-refractivity contribution >= 4 is 56.9 Å². The first-order valence-electron chi connectivity index (χ1n) is 49.9. The Balaban J connectivity index is -0.000000845. The minimum atomic E-state index is -9.26. The summed E-state index contributed by atoms with van der Waals surface area (Å²) in [5.41, 5.74) is 2.62. The molecule has 8 nitrogen and oxygen atoms in total. The van der Waals surface area contributed by atoms with Crippen molar-refractivity contribution in [3.8, 4) is 23.0 Å². The van der Waals surface area contributed by atoms with Crippen molar-refractivity contribution in [1.29, 1.82) is 0 Å². The van der Waals surface area contributed by atoms with E-state index in [0.717, 1.165) is 74.4 Å². The van der Waals surface area contributed by atoms with Gasteiger partial charge < -0.3 is 48.3 Å². The van der Waals surface area contributed by atoms with E-state index in [1.165, 1.54) is 271 Å². The number of benzene rings is 8. The van der Waals surface area contributed by atoms with Crippen LogP contribution in [0, 0.1) is 42.4 Å². The Morgan fingerprint density at radius 2 is 0.418 bits per heavy atom. The Morgan fingerprint density at radius 1 is 0.274 bits per heavy atom. The van der Waals surface area contributed by atoms with Crippen LogP contribution in [0.5, 0.6) is 23.0 Å². The van der Waals surface area contributed by atoms with Gasteiger partial charge in [-0.2, -0.15) is 0 Å². The van der Waals surface area contributed by atoms with Crippen LogP contribution in [-0.4, -0.2) is 112 Å². The second kappa shape index (κ2) is 85.8. The van der Waals surface area contributed by atoms with Crippen LogP contribution in [0.3, 0.4) is 0 Å². The molecule has 0 fully saturated rings. The normalized spacial score (nSPS) is 12.9. The molecule has 8 aromatic carbocycles. The zero-order valence-electron chi connectivity index (χ0n) is 84.8. The van der Waals surface area contributed by atoms with Crippen LogP contribution in [0.4, 0.5) is 70.1 Å². The molecule has 4 N–H and O–H groups in total. The average Bonchev–Trinajstić information content (AvgIpc) is 0.872. The molecule has 0 aliphatic carbocycles. The number of aliphatic hydroxyl groups is 4.